The van der Waals surface area contributed by atoms with E-state index >= 15 is 0 Å². The van der Waals surface area contributed by atoms with Gasteiger partial charge in [0.25, 0.3) is 0 Å². The van der Waals surface area contributed by atoms with Gasteiger partial charge in [-0.25, -0.2) is 0 Å². The molecule has 1 amide bonds. The molecule has 0 spiro atoms. The monoisotopic (exact) mass is 342 g/mol. The number of carbonyl (C=O) groups is 1. The van der Waals surface area contributed by atoms with Crippen LogP contribution in [0.25, 0.3) is 0 Å². The van der Waals surface area contributed by atoms with Crippen LogP contribution in [0.3, 0.4) is 0 Å². The van der Waals surface area contributed by atoms with E-state index in [0.29, 0.717) is 11.8 Å². The summed E-state index contributed by atoms with van der Waals surface area (Å²) in [5.41, 5.74) is 2.71. The van der Waals surface area contributed by atoms with Crippen molar-refractivity contribution in [3.05, 3.63) is 29.3 Å². The maximum Gasteiger partial charge on any atom is 0.222 e. The molecule has 4 nitrogen and oxygen atoms in total. The minimum absolute atomic E-state index is 0.390. The molecule has 2 heterocycles. The minimum atomic E-state index is 0.390. The average Bonchev–Trinajstić information content (AvgIpc) is 3.11. The number of rotatable bonds is 4. The van der Waals surface area contributed by atoms with Gasteiger partial charge in [-0.3, -0.25) is 9.69 Å². The fraction of sp³-hybridized carbons (Fsp3) is 0.667. The van der Waals surface area contributed by atoms with E-state index in [-0.39, 0.29) is 0 Å². The lowest BCUT2D eigenvalue weighted by molar-refractivity contribution is -0.134. The molecule has 0 atom stereocenters. The largest absolute Gasteiger partial charge is 0.493 e. The minimum Gasteiger partial charge on any atom is -0.493 e. The van der Waals surface area contributed by atoms with Gasteiger partial charge in [-0.05, 0) is 36.0 Å². The van der Waals surface area contributed by atoms with Crippen molar-refractivity contribution in [3.8, 4) is 5.75 Å². The third kappa shape index (κ3) is 4.17. The summed E-state index contributed by atoms with van der Waals surface area (Å²) in [6, 6.07) is 6.59. The van der Waals surface area contributed by atoms with Crippen LogP contribution in [-0.2, 0) is 17.8 Å². The van der Waals surface area contributed by atoms with Crippen LogP contribution in [-0.4, -0.2) is 48.5 Å². The first kappa shape index (κ1) is 16.9. The summed E-state index contributed by atoms with van der Waals surface area (Å²) in [4.78, 5) is 17.1. The van der Waals surface area contributed by atoms with Gasteiger partial charge in [0, 0.05) is 45.6 Å². The molecule has 136 valence electrons. The van der Waals surface area contributed by atoms with Crippen molar-refractivity contribution in [2.24, 2.45) is 5.92 Å². The Morgan fingerprint density at radius 2 is 1.88 bits per heavy atom. The van der Waals surface area contributed by atoms with Gasteiger partial charge in [0.05, 0.1) is 6.61 Å². The predicted molar refractivity (Wildman–Crippen MR) is 98.7 cm³/mol. The molecule has 1 saturated heterocycles. The third-order valence-electron chi connectivity index (χ3n) is 6.07. The third-order valence-corrected chi connectivity index (χ3v) is 6.07. The van der Waals surface area contributed by atoms with Crippen LogP contribution >= 0.6 is 0 Å². The van der Waals surface area contributed by atoms with Crippen molar-refractivity contribution in [3.63, 3.8) is 0 Å². The first-order chi connectivity index (χ1) is 12.3. The van der Waals surface area contributed by atoms with E-state index in [4.69, 9.17) is 4.74 Å². The number of benzene rings is 1. The molecule has 0 bridgehead atoms. The molecule has 0 radical (unpaired) electrons. The van der Waals surface area contributed by atoms with E-state index < -0.39 is 0 Å². The van der Waals surface area contributed by atoms with E-state index in [1.807, 2.05) is 0 Å². The zero-order chi connectivity index (χ0) is 17.1. The van der Waals surface area contributed by atoms with Crippen molar-refractivity contribution in [2.75, 3.05) is 32.8 Å². The zero-order valence-corrected chi connectivity index (χ0v) is 15.2. The van der Waals surface area contributed by atoms with E-state index in [0.717, 1.165) is 57.9 Å². The Morgan fingerprint density at radius 3 is 2.68 bits per heavy atom. The van der Waals surface area contributed by atoms with Gasteiger partial charge in [-0.2, -0.15) is 0 Å². The second-order valence-electron chi connectivity index (χ2n) is 7.91. The number of hydrogen-bond donors (Lipinski definition) is 0. The number of hydrogen-bond acceptors (Lipinski definition) is 3. The number of amides is 1. The van der Waals surface area contributed by atoms with Crippen LogP contribution in [0.1, 0.15) is 49.7 Å². The topological polar surface area (TPSA) is 32.8 Å². The summed E-state index contributed by atoms with van der Waals surface area (Å²) < 4.78 is 5.59. The molecule has 0 unspecified atom stereocenters. The molecule has 4 heteroatoms. The molecule has 3 aliphatic rings. The second-order valence-corrected chi connectivity index (χ2v) is 7.91. The smallest absolute Gasteiger partial charge is 0.222 e. The predicted octanol–water partition coefficient (Wildman–Crippen LogP) is 3.24. The van der Waals surface area contributed by atoms with Crippen LogP contribution < -0.4 is 4.74 Å². The molecule has 2 aliphatic heterocycles. The van der Waals surface area contributed by atoms with Gasteiger partial charge in [0.1, 0.15) is 5.75 Å². The summed E-state index contributed by atoms with van der Waals surface area (Å²) in [7, 11) is 0. The fourth-order valence-corrected chi connectivity index (χ4v) is 4.52. The van der Waals surface area contributed by atoms with Crippen molar-refractivity contribution < 1.29 is 9.53 Å². The lowest BCUT2D eigenvalue weighted by atomic mass is 9.86. The Kier molecular flexibility index (Phi) is 5.25. The molecule has 0 N–H and O–H groups in total. The Morgan fingerprint density at radius 1 is 1.08 bits per heavy atom. The highest BCUT2D eigenvalue weighted by atomic mass is 16.5. The highest BCUT2D eigenvalue weighted by Crippen LogP contribution is 2.28. The number of carbonyl (C=O) groups excluding carboxylic acids is 1. The Bertz CT molecular complexity index is 602. The van der Waals surface area contributed by atoms with Gasteiger partial charge in [0.2, 0.25) is 5.91 Å². The van der Waals surface area contributed by atoms with Gasteiger partial charge in [0.15, 0.2) is 0 Å². The molecule has 1 aliphatic carbocycles. The first-order valence-corrected chi connectivity index (χ1v) is 10.0. The zero-order valence-electron chi connectivity index (χ0n) is 15.2. The van der Waals surface area contributed by atoms with E-state index in [1.54, 1.807) is 0 Å². The van der Waals surface area contributed by atoms with E-state index in [1.165, 1.54) is 43.2 Å². The quantitative estimate of drug-likeness (QED) is 0.842. The summed E-state index contributed by atoms with van der Waals surface area (Å²) >= 11 is 0. The summed E-state index contributed by atoms with van der Waals surface area (Å²) in [6.07, 6.45) is 8.33. The molecule has 1 saturated carbocycles. The number of nitrogens with zero attached hydrogens (tertiary/aromatic N) is 2. The first-order valence-electron chi connectivity index (χ1n) is 10.0. The Labute approximate surface area is 151 Å². The highest BCUT2D eigenvalue weighted by molar-refractivity contribution is 5.76. The normalized spacial score (nSPS) is 21.8. The molecular weight excluding hydrogens is 312 g/mol. The SMILES string of the molecule is O=C(CC1CCCCC1)N1CCN(Cc2ccc3c(c2)CCO3)CC1. The van der Waals surface area contributed by atoms with Crippen LogP contribution in [0.4, 0.5) is 0 Å². The maximum absolute atomic E-state index is 12.6. The average molecular weight is 342 g/mol. The number of ether oxygens (including phenoxy) is 1. The molecule has 1 aromatic rings. The molecule has 1 aromatic carbocycles. The van der Waals surface area contributed by atoms with Gasteiger partial charge < -0.3 is 9.64 Å². The number of fused-ring (bicyclic) bond motifs is 1. The highest BCUT2D eigenvalue weighted by Gasteiger charge is 2.24. The van der Waals surface area contributed by atoms with Crippen molar-refractivity contribution in [1.82, 2.24) is 9.80 Å². The summed E-state index contributed by atoms with van der Waals surface area (Å²) in [5, 5.41) is 0. The van der Waals surface area contributed by atoms with Gasteiger partial charge >= 0.3 is 0 Å². The molecule has 2 fully saturated rings. The van der Waals surface area contributed by atoms with Crippen LogP contribution in [0.2, 0.25) is 0 Å². The van der Waals surface area contributed by atoms with Crippen LogP contribution in [0, 0.1) is 5.92 Å². The lowest BCUT2D eigenvalue weighted by Crippen LogP contribution is -2.48. The Hall–Kier alpha value is -1.55. The van der Waals surface area contributed by atoms with E-state index in [9.17, 15) is 4.79 Å². The molecule has 25 heavy (non-hydrogen) atoms. The Balaban J connectivity index is 1.24. The standard InChI is InChI=1S/C21H30N2O2/c24-21(15-17-4-2-1-3-5-17)23-11-9-22(10-12-23)16-18-6-7-20-19(14-18)8-13-25-20/h6-7,14,17H,1-5,8-13,15-16H2. The second kappa shape index (κ2) is 7.77. The van der Waals surface area contributed by atoms with Crippen molar-refractivity contribution >= 4 is 5.91 Å². The number of piperazine rings is 1. The van der Waals surface area contributed by atoms with Gasteiger partial charge in [-0.1, -0.05) is 31.4 Å². The van der Waals surface area contributed by atoms with Gasteiger partial charge in [-0.15, -0.1) is 0 Å². The van der Waals surface area contributed by atoms with E-state index in [2.05, 4.69) is 28.0 Å². The van der Waals surface area contributed by atoms with Crippen molar-refractivity contribution in [1.29, 1.82) is 0 Å². The fourth-order valence-electron chi connectivity index (χ4n) is 4.52. The summed E-state index contributed by atoms with van der Waals surface area (Å²) in [5.74, 6) is 2.09. The van der Waals surface area contributed by atoms with Crippen LogP contribution in [0.5, 0.6) is 5.75 Å². The van der Waals surface area contributed by atoms with Crippen LogP contribution in [0.15, 0.2) is 18.2 Å². The van der Waals surface area contributed by atoms with Crippen molar-refractivity contribution in [2.45, 2.75) is 51.5 Å². The molecule has 0 aromatic heterocycles. The maximum atomic E-state index is 12.6. The summed E-state index contributed by atoms with van der Waals surface area (Å²) in [6.45, 7) is 5.56. The molecule has 4 rings (SSSR count). The lowest BCUT2D eigenvalue weighted by Gasteiger charge is -2.35. The molecular formula is C21H30N2O2.